The number of ether oxygens (including phenoxy) is 2. The number of anilines is 2. The van der Waals surface area contributed by atoms with Crippen molar-refractivity contribution in [1.82, 2.24) is 9.78 Å². The molecule has 0 atom stereocenters. The predicted octanol–water partition coefficient (Wildman–Crippen LogP) is 4.98. The Bertz CT molecular complexity index is 1270. The number of carbonyl (C=O) groups is 2. The molecule has 0 radical (unpaired) electrons. The summed E-state index contributed by atoms with van der Waals surface area (Å²) in [4.78, 5) is 24.6. The molecule has 8 heteroatoms. The van der Waals surface area contributed by atoms with Gasteiger partial charge in [0.25, 0.3) is 5.91 Å². The van der Waals surface area contributed by atoms with Gasteiger partial charge in [0.15, 0.2) is 0 Å². The molecule has 0 saturated carbocycles. The van der Waals surface area contributed by atoms with E-state index in [2.05, 4.69) is 15.4 Å². The van der Waals surface area contributed by atoms with Gasteiger partial charge in [-0.1, -0.05) is 30.3 Å². The smallest absolute Gasteiger partial charge is 0.411 e. The first-order chi connectivity index (χ1) is 16.1. The number of aromatic nitrogens is 2. The molecule has 2 N–H and O–H groups in total. The highest BCUT2D eigenvalue weighted by Gasteiger charge is 2.21. The lowest BCUT2D eigenvalue weighted by molar-refractivity contribution is 0.102. The maximum Gasteiger partial charge on any atom is 0.411 e. The fourth-order valence-electron chi connectivity index (χ4n) is 3.30. The standard InChI is InChI=1S/C25H22N4O4/c1-32-22-11-7-6-10-20(22)23-21(16-29(28-23)19-8-4-3-5-9-19)24(30)26-17-12-14-18(15-13-17)27-25(31)33-2/h3-16H,1-2H3,(H,26,30)(H,27,31). The summed E-state index contributed by atoms with van der Waals surface area (Å²) in [7, 11) is 2.87. The number of nitrogens with zero attached hydrogens (tertiary/aromatic N) is 2. The molecule has 0 fully saturated rings. The van der Waals surface area contributed by atoms with Gasteiger partial charge in [0.05, 0.1) is 25.5 Å². The summed E-state index contributed by atoms with van der Waals surface area (Å²) in [6, 6.07) is 23.7. The molecule has 0 aliphatic carbocycles. The third-order valence-corrected chi connectivity index (χ3v) is 4.92. The van der Waals surface area contributed by atoms with Crippen LogP contribution in [-0.2, 0) is 4.74 Å². The minimum Gasteiger partial charge on any atom is -0.496 e. The number of para-hydroxylation sites is 2. The Hall–Kier alpha value is -4.59. The van der Waals surface area contributed by atoms with Crippen LogP contribution in [0.2, 0.25) is 0 Å². The van der Waals surface area contributed by atoms with E-state index in [4.69, 9.17) is 9.84 Å². The molecule has 0 spiro atoms. The summed E-state index contributed by atoms with van der Waals surface area (Å²) in [6.07, 6.45) is 1.13. The van der Waals surface area contributed by atoms with Crippen molar-refractivity contribution in [3.05, 3.63) is 90.6 Å². The van der Waals surface area contributed by atoms with Crippen LogP contribution in [0.1, 0.15) is 10.4 Å². The average molecular weight is 442 g/mol. The lowest BCUT2D eigenvalue weighted by atomic mass is 10.1. The van der Waals surface area contributed by atoms with E-state index in [1.54, 1.807) is 42.3 Å². The molecular weight excluding hydrogens is 420 g/mol. The van der Waals surface area contributed by atoms with Gasteiger partial charge in [-0.15, -0.1) is 0 Å². The highest BCUT2D eigenvalue weighted by molar-refractivity contribution is 6.08. The molecule has 0 saturated heterocycles. The normalized spacial score (nSPS) is 10.4. The van der Waals surface area contributed by atoms with Crippen LogP contribution < -0.4 is 15.4 Å². The lowest BCUT2D eigenvalue weighted by Gasteiger charge is -2.09. The SMILES string of the molecule is COC(=O)Nc1ccc(NC(=O)c2cn(-c3ccccc3)nc2-c2ccccc2OC)cc1. The van der Waals surface area contributed by atoms with Crippen LogP contribution in [0.5, 0.6) is 5.75 Å². The van der Waals surface area contributed by atoms with Gasteiger partial charge in [0, 0.05) is 23.1 Å². The maximum atomic E-state index is 13.3. The maximum absolute atomic E-state index is 13.3. The van der Waals surface area contributed by atoms with E-state index < -0.39 is 6.09 Å². The summed E-state index contributed by atoms with van der Waals surface area (Å²) in [5, 5.41) is 10.1. The zero-order chi connectivity index (χ0) is 23.2. The van der Waals surface area contributed by atoms with Crippen LogP contribution >= 0.6 is 0 Å². The number of rotatable bonds is 6. The third kappa shape index (κ3) is 4.85. The van der Waals surface area contributed by atoms with Crippen molar-refractivity contribution in [2.24, 2.45) is 0 Å². The molecule has 2 amide bonds. The quantitative estimate of drug-likeness (QED) is 0.439. The molecule has 1 aromatic heterocycles. The fraction of sp³-hybridized carbons (Fsp3) is 0.0800. The predicted molar refractivity (Wildman–Crippen MR) is 126 cm³/mol. The Labute approximate surface area is 190 Å². The average Bonchev–Trinajstić information content (AvgIpc) is 3.31. The molecule has 166 valence electrons. The molecule has 1 heterocycles. The lowest BCUT2D eigenvalue weighted by Crippen LogP contribution is -2.13. The summed E-state index contributed by atoms with van der Waals surface area (Å²) >= 11 is 0. The van der Waals surface area contributed by atoms with Gasteiger partial charge in [-0.05, 0) is 48.5 Å². The Morgan fingerprint density at radius 3 is 2.12 bits per heavy atom. The molecule has 33 heavy (non-hydrogen) atoms. The Balaban J connectivity index is 1.67. The van der Waals surface area contributed by atoms with Crippen LogP contribution in [-0.4, -0.2) is 36.0 Å². The minimum atomic E-state index is -0.568. The molecule has 4 aromatic rings. The van der Waals surface area contributed by atoms with Crippen molar-refractivity contribution in [2.45, 2.75) is 0 Å². The van der Waals surface area contributed by atoms with Gasteiger partial charge in [-0.2, -0.15) is 5.10 Å². The summed E-state index contributed by atoms with van der Waals surface area (Å²) in [5.41, 5.74) is 3.53. The summed E-state index contributed by atoms with van der Waals surface area (Å²) < 4.78 is 11.7. The molecule has 0 bridgehead atoms. The number of hydrogen-bond donors (Lipinski definition) is 2. The van der Waals surface area contributed by atoms with Gasteiger partial charge in [-0.3, -0.25) is 10.1 Å². The summed E-state index contributed by atoms with van der Waals surface area (Å²) in [6.45, 7) is 0. The van der Waals surface area contributed by atoms with E-state index in [-0.39, 0.29) is 5.91 Å². The fourth-order valence-corrected chi connectivity index (χ4v) is 3.30. The van der Waals surface area contributed by atoms with Crippen LogP contribution in [0.15, 0.2) is 85.1 Å². The second-order valence-electron chi connectivity index (χ2n) is 7.02. The zero-order valence-corrected chi connectivity index (χ0v) is 18.1. The Morgan fingerprint density at radius 2 is 1.45 bits per heavy atom. The van der Waals surface area contributed by atoms with E-state index in [0.29, 0.717) is 33.9 Å². The van der Waals surface area contributed by atoms with Crippen molar-refractivity contribution in [3.8, 4) is 22.7 Å². The molecule has 0 unspecified atom stereocenters. The van der Waals surface area contributed by atoms with Crippen molar-refractivity contribution in [3.63, 3.8) is 0 Å². The highest BCUT2D eigenvalue weighted by atomic mass is 16.5. The van der Waals surface area contributed by atoms with Crippen molar-refractivity contribution < 1.29 is 19.1 Å². The topological polar surface area (TPSA) is 94.5 Å². The summed E-state index contributed by atoms with van der Waals surface area (Å²) in [5.74, 6) is 0.287. The number of hydrogen-bond acceptors (Lipinski definition) is 5. The van der Waals surface area contributed by atoms with Crippen molar-refractivity contribution in [2.75, 3.05) is 24.9 Å². The van der Waals surface area contributed by atoms with Crippen LogP contribution in [0, 0.1) is 0 Å². The Morgan fingerprint density at radius 1 is 0.818 bits per heavy atom. The van der Waals surface area contributed by atoms with Gasteiger partial charge < -0.3 is 14.8 Å². The first-order valence-electron chi connectivity index (χ1n) is 10.1. The van der Waals surface area contributed by atoms with Gasteiger partial charge in [-0.25, -0.2) is 9.48 Å². The molecule has 4 rings (SSSR count). The van der Waals surface area contributed by atoms with Gasteiger partial charge >= 0.3 is 6.09 Å². The van der Waals surface area contributed by atoms with E-state index in [9.17, 15) is 9.59 Å². The van der Waals surface area contributed by atoms with Crippen molar-refractivity contribution in [1.29, 1.82) is 0 Å². The molecule has 3 aromatic carbocycles. The highest BCUT2D eigenvalue weighted by Crippen LogP contribution is 2.32. The molecular formula is C25H22N4O4. The first-order valence-corrected chi connectivity index (χ1v) is 10.1. The van der Waals surface area contributed by atoms with Gasteiger partial charge in [0.1, 0.15) is 11.4 Å². The number of methoxy groups -OCH3 is 2. The first kappa shape index (κ1) is 21.6. The zero-order valence-electron chi connectivity index (χ0n) is 18.1. The van der Waals surface area contributed by atoms with E-state index in [1.807, 2.05) is 54.6 Å². The molecule has 0 aliphatic heterocycles. The minimum absolute atomic E-state index is 0.327. The molecule has 0 aliphatic rings. The van der Waals surface area contributed by atoms with Crippen molar-refractivity contribution >= 4 is 23.4 Å². The second kappa shape index (κ2) is 9.69. The Kier molecular flexibility index (Phi) is 6.36. The number of carbonyl (C=O) groups excluding carboxylic acids is 2. The number of amides is 2. The monoisotopic (exact) mass is 442 g/mol. The van der Waals surface area contributed by atoms with Crippen LogP contribution in [0.4, 0.5) is 16.2 Å². The second-order valence-corrected chi connectivity index (χ2v) is 7.02. The van der Waals surface area contributed by atoms with E-state index >= 15 is 0 Å². The number of nitrogens with one attached hydrogen (secondary N) is 2. The van der Waals surface area contributed by atoms with Gasteiger partial charge in [0.2, 0.25) is 0 Å². The molecule has 8 nitrogen and oxygen atoms in total. The third-order valence-electron chi connectivity index (χ3n) is 4.92. The van der Waals surface area contributed by atoms with Crippen LogP contribution in [0.3, 0.4) is 0 Å². The van der Waals surface area contributed by atoms with Crippen LogP contribution in [0.25, 0.3) is 16.9 Å². The van der Waals surface area contributed by atoms with E-state index in [1.165, 1.54) is 7.11 Å². The number of benzene rings is 3. The van der Waals surface area contributed by atoms with E-state index in [0.717, 1.165) is 5.69 Å². The largest absolute Gasteiger partial charge is 0.496 e.